The lowest BCUT2D eigenvalue weighted by molar-refractivity contribution is -0.144. The predicted molar refractivity (Wildman–Crippen MR) is 122 cm³/mol. The van der Waals surface area contributed by atoms with Crippen LogP contribution in [0.1, 0.15) is 49.3 Å². The summed E-state index contributed by atoms with van der Waals surface area (Å²) in [5, 5.41) is 6.15. The zero-order valence-corrected chi connectivity index (χ0v) is 18.9. The summed E-state index contributed by atoms with van der Waals surface area (Å²) in [6.07, 6.45) is 3.07. The number of anilines is 1. The highest BCUT2D eigenvalue weighted by molar-refractivity contribution is 6.03. The van der Waals surface area contributed by atoms with Gasteiger partial charge in [0.05, 0.1) is 24.7 Å². The molecular weight excluding hydrogens is 423 g/mol. The van der Waals surface area contributed by atoms with Crippen molar-refractivity contribution in [3.8, 4) is 0 Å². The number of halogens is 1. The minimum absolute atomic E-state index is 0.185. The average molecular weight is 451 g/mol. The van der Waals surface area contributed by atoms with Crippen molar-refractivity contribution in [2.45, 2.75) is 56.4 Å². The number of methoxy groups -OCH3 is 1. The fourth-order valence-electron chi connectivity index (χ4n) is 4.84. The van der Waals surface area contributed by atoms with E-state index < -0.39 is 23.2 Å². The molecule has 1 aliphatic carbocycles. The molecule has 2 atom stereocenters. The van der Waals surface area contributed by atoms with Gasteiger partial charge in [0.1, 0.15) is 11.4 Å². The van der Waals surface area contributed by atoms with Crippen molar-refractivity contribution in [1.82, 2.24) is 5.32 Å². The van der Waals surface area contributed by atoms with Crippen molar-refractivity contribution in [2.75, 3.05) is 12.4 Å². The summed E-state index contributed by atoms with van der Waals surface area (Å²) in [4.78, 5) is 24.6. The Morgan fingerprint density at radius 3 is 2.61 bits per heavy atom. The molecule has 0 bridgehead atoms. The Hall–Kier alpha value is -3.03. The van der Waals surface area contributed by atoms with Crippen LogP contribution in [0.2, 0.25) is 0 Å². The van der Waals surface area contributed by atoms with Gasteiger partial charge in [0, 0.05) is 12.2 Å². The summed E-state index contributed by atoms with van der Waals surface area (Å²) in [6, 6.07) is 12.4. The van der Waals surface area contributed by atoms with Gasteiger partial charge in [0.25, 0.3) is 0 Å². The fraction of sp³-hybridized carbons (Fsp3) is 0.385. The summed E-state index contributed by atoms with van der Waals surface area (Å²) >= 11 is 0. The molecule has 0 aromatic heterocycles. The zero-order valence-electron chi connectivity index (χ0n) is 18.9. The summed E-state index contributed by atoms with van der Waals surface area (Å²) < 4.78 is 25.0. The smallest absolute Gasteiger partial charge is 0.326 e. The Bertz CT molecular complexity index is 1150. The topological polar surface area (TPSA) is 76.7 Å². The molecule has 5 rings (SSSR count). The first-order valence-electron chi connectivity index (χ1n) is 11.2. The van der Waals surface area contributed by atoms with Crippen LogP contribution in [-0.2, 0) is 25.6 Å². The molecule has 2 unspecified atom stereocenters. The molecule has 33 heavy (non-hydrogen) atoms. The number of carbonyl (C=O) groups excluding carboxylic acids is 2. The third kappa shape index (κ3) is 3.85. The van der Waals surface area contributed by atoms with Crippen LogP contribution >= 0.6 is 0 Å². The van der Waals surface area contributed by atoms with E-state index >= 15 is 0 Å². The molecule has 3 aliphatic rings. The number of ether oxygens (including phenoxy) is 2. The van der Waals surface area contributed by atoms with E-state index in [0.29, 0.717) is 17.8 Å². The van der Waals surface area contributed by atoms with Crippen molar-refractivity contribution in [3.63, 3.8) is 0 Å². The molecular formula is C26H27FN2O4. The first-order valence-corrected chi connectivity index (χ1v) is 11.2. The molecule has 6 nitrogen and oxygen atoms in total. The summed E-state index contributed by atoms with van der Waals surface area (Å²) in [5.74, 6) is -1.36. The first-order chi connectivity index (χ1) is 15.7. The van der Waals surface area contributed by atoms with E-state index in [1.807, 2.05) is 44.2 Å². The fourth-order valence-corrected chi connectivity index (χ4v) is 4.84. The Kier molecular flexibility index (Phi) is 5.14. The molecule has 7 heteroatoms. The van der Waals surface area contributed by atoms with Crippen molar-refractivity contribution < 1.29 is 23.5 Å². The second kappa shape index (κ2) is 7.78. The van der Waals surface area contributed by atoms with Gasteiger partial charge in [-0.2, -0.15) is 0 Å². The van der Waals surface area contributed by atoms with Gasteiger partial charge in [0.15, 0.2) is 0 Å². The number of hydrogen-bond acceptors (Lipinski definition) is 5. The maximum atomic E-state index is 13.9. The Balaban J connectivity index is 1.35. The third-order valence-electron chi connectivity index (χ3n) is 6.85. The van der Waals surface area contributed by atoms with E-state index in [2.05, 4.69) is 10.6 Å². The van der Waals surface area contributed by atoms with Crippen LogP contribution in [0, 0.1) is 5.82 Å². The van der Waals surface area contributed by atoms with Crippen molar-refractivity contribution in [3.05, 3.63) is 71.0 Å². The highest BCUT2D eigenvalue weighted by Crippen LogP contribution is 2.45. The minimum atomic E-state index is -0.607. The second-order valence-electron chi connectivity index (χ2n) is 9.50. The number of amides is 1. The normalized spacial score (nSPS) is 24.1. The monoisotopic (exact) mass is 450 g/mol. The van der Waals surface area contributed by atoms with E-state index in [1.165, 1.54) is 19.2 Å². The van der Waals surface area contributed by atoms with Gasteiger partial charge in [-0.05, 0) is 73.2 Å². The second-order valence-corrected chi connectivity index (χ2v) is 9.50. The number of nitrogens with one attached hydrogen (secondary N) is 2. The van der Waals surface area contributed by atoms with Gasteiger partial charge in [-0.15, -0.1) is 0 Å². The maximum absolute atomic E-state index is 13.9. The van der Waals surface area contributed by atoms with Crippen LogP contribution in [0.25, 0.3) is 5.57 Å². The van der Waals surface area contributed by atoms with Crippen LogP contribution in [0.4, 0.5) is 10.1 Å². The highest BCUT2D eigenvalue weighted by Gasteiger charge is 2.50. The lowest BCUT2D eigenvalue weighted by Gasteiger charge is -2.26. The molecule has 2 aromatic carbocycles. The van der Waals surface area contributed by atoms with Gasteiger partial charge in [0.2, 0.25) is 5.91 Å². The largest absolute Gasteiger partial charge is 0.468 e. The number of rotatable bonds is 6. The summed E-state index contributed by atoms with van der Waals surface area (Å²) in [6.45, 7) is 4.52. The Morgan fingerprint density at radius 1 is 1.21 bits per heavy atom. The number of fused-ring (bicyclic) bond motifs is 1. The number of esters is 1. The van der Waals surface area contributed by atoms with Crippen LogP contribution in [0.5, 0.6) is 0 Å². The lowest BCUT2D eigenvalue weighted by Crippen LogP contribution is -2.39. The standard InChI is InChI=1S/C26H27FN2O4/c1-25(2)19(13-21(33-25)22-18-12-17(27)8-9-20(18)29-23(22)30)16-6-4-15(5-7-16)14-28-26(10-11-26)24(31)32-3/h4-9,12-13,21-22,28H,10-11,14H2,1-3H3,(H,29,30). The molecule has 2 N–H and O–H groups in total. The molecule has 2 aromatic rings. The van der Waals surface area contributed by atoms with Gasteiger partial charge in [-0.25, -0.2) is 4.39 Å². The van der Waals surface area contributed by atoms with Gasteiger partial charge >= 0.3 is 5.97 Å². The van der Waals surface area contributed by atoms with Crippen molar-refractivity contribution >= 4 is 23.1 Å². The maximum Gasteiger partial charge on any atom is 0.326 e. The van der Waals surface area contributed by atoms with E-state index in [1.54, 1.807) is 6.07 Å². The van der Waals surface area contributed by atoms with Crippen LogP contribution in [0.3, 0.4) is 0 Å². The molecule has 172 valence electrons. The van der Waals surface area contributed by atoms with Crippen LogP contribution < -0.4 is 10.6 Å². The lowest BCUT2D eigenvalue weighted by atomic mass is 9.90. The highest BCUT2D eigenvalue weighted by atomic mass is 19.1. The SMILES string of the molecule is COC(=O)C1(NCc2ccc(C3=CC(C4C(=O)Nc5ccc(F)cc54)OC3(C)C)cc2)CC1. The van der Waals surface area contributed by atoms with Gasteiger partial charge in [-0.1, -0.05) is 24.3 Å². The van der Waals surface area contributed by atoms with Crippen LogP contribution in [0.15, 0.2) is 48.5 Å². The third-order valence-corrected chi connectivity index (χ3v) is 6.85. The first kappa shape index (κ1) is 21.8. The zero-order chi connectivity index (χ0) is 23.4. The Labute approximate surface area is 192 Å². The molecule has 1 fully saturated rings. The Morgan fingerprint density at radius 2 is 1.94 bits per heavy atom. The number of benzene rings is 2. The number of hydrogen-bond donors (Lipinski definition) is 2. The van der Waals surface area contributed by atoms with E-state index in [0.717, 1.165) is 29.5 Å². The molecule has 1 amide bonds. The van der Waals surface area contributed by atoms with Gasteiger partial charge < -0.3 is 14.8 Å². The number of carbonyl (C=O) groups is 2. The molecule has 2 aliphatic heterocycles. The minimum Gasteiger partial charge on any atom is -0.468 e. The molecule has 0 radical (unpaired) electrons. The molecule has 1 saturated carbocycles. The summed E-state index contributed by atoms with van der Waals surface area (Å²) in [5.41, 5.74) is 3.15. The summed E-state index contributed by atoms with van der Waals surface area (Å²) in [7, 11) is 1.41. The molecule has 0 saturated heterocycles. The average Bonchev–Trinajstić information content (AvgIpc) is 3.42. The van der Waals surface area contributed by atoms with E-state index in [-0.39, 0.29) is 17.7 Å². The van der Waals surface area contributed by atoms with E-state index in [9.17, 15) is 14.0 Å². The van der Waals surface area contributed by atoms with Crippen molar-refractivity contribution in [1.29, 1.82) is 0 Å². The van der Waals surface area contributed by atoms with Crippen LogP contribution in [-0.4, -0.2) is 36.2 Å². The van der Waals surface area contributed by atoms with Gasteiger partial charge in [-0.3, -0.25) is 14.9 Å². The van der Waals surface area contributed by atoms with Crippen molar-refractivity contribution in [2.24, 2.45) is 0 Å². The predicted octanol–water partition coefficient (Wildman–Crippen LogP) is 3.92. The van der Waals surface area contributed by atoms with E-state index in [4.69, 9.17) is 9.47 Å². The molecule has 2 heterocycles. The molecule has 0 spiro atoms. The quantitative estimate of drug-likeness (QED) is 0.653.